The molecule has 2 aliphatic rings. The van der Waals surface area contributed by atoms with Crippen molar-refractivity contribution in [3.05, 3.63) is 48.7 Å². The number of furan rings is 1. The first-order chi connectivity index (χ1) is 11.3. The summed E-state index contributed by atoms with van der Waals surface area (Å²) in [5.41, 5.74) is 1.24. The van der Waals surface area contributed by atoms with Crippen LogP contribution in [0.4, 0.5) is 0 Å². The van der Waals surface area contributed by atoms with Crippen LogP contribution in [0.2, 0.25) is 0 Å². The molecule has 4 heterocycles. The minimum absolute atomic E-state index is 0.000226. The van der Waals surface area contributed by atoms with Gasteiger partial charge in [-0.2, -0.15) is 0 Å². The summed E-state index contributed by atoms with van der Waals surface area (Å²) in [6, 6.07) is 5.88. The van der Waals surface area contributed by atoms with Gasteiger partial charge < -0.3 is 13.9 Å². The molecule has 5 heteroatoms. The Labute approximate surface area is 136 Å². The van der Waals surface area contributed by atoms with Crippen molar-refractivity contribution in [1.29, 1.82) is 0 Å². The predicted molar refractivity (Wildman–Crippen MR) is 85.2 cm³/mol. The van der Waals surface area contributed by atoms with Gasteiger partial charge in [-0.1, -0.05) is 0 Å². The van der Waals surface area contributed by atoms with Crippen LogP contribution in [0.3, 0.4) is 0 Å². The molecule has 1 unspecified atom stereocenters. The molecule has 4 rings (SSSR count). The van der Waals surface area contributed by atoms with Gasteiger partial charge >= 0.3 is 0 Å². The van der Waals surface area contributed by atoms with Crippen molar-refractivity contribution in [3.8, 4) is 5.75 Å². The molecule has 2 aliphatic heterocycles. The van der Waals surface area contributed by atoms with Crippen molar-refractivity contribution in [2.45, 2.75) is 37.5 Å². The Morgan fingerprint density at radius 3 is 2.96 bits per heavy atom. The van der Waals surface area contributed by atoms with E-state index in [0.29, 0.717) is 6.61 Å². The second kappa shape index (κ2) is 6.34. The fraction of sp³-hybridized carbons (Fsp3) is 0.500. The molecule has 1 spiro atoms. The summed E-state index contributed by atoms with van der Waals surface area (Å²) in [5, 5.41) is 0. The van der Waals surface area contributed by atoms with E-state index in [-0.39, 0.29) is 11.7 Å². The van der Waals surface area contributed by atoms with Gasteiger partial charge in [0.1, 0.15) is 11.9 Å². The molecule has 2 aromatic heterocycles. The summed E-state index contributed by atoms with van der Waals surface area (Å²) in [5.74, 6) is 0.829. The molecule has 0 amide bonds. The van der Waals surface area contributed by atoms with Crippen LogP contribution in [0, 0.1) is 0 Å². The smallest absolute Gasteiger partial charge is 0.138 e. The normalized spacial score (nSPS) is 24.1. The van der Waals surface area contributed by atoms with E-state index < -0.39 is 0 Å². The summed E-state index contributed by atoms with van der Waals surface area (Å²) in [6.45, 7) is 3.76. The number of hydrogen-bond acceptors (Lipinski definition) is 5. The van der Waals surface area contributed by atoms with Gasteiger partial charge in [0.2, 0.25) is 0 Å². The predicted octanol–water partition coefficient (Wildman–Crippen LogP) is 2.88. The van der Waals surface area contributed by atoms with Gasteiger partial charge in [0.05, 0.1) is 30.9 Å². The highest BCUT2D eigenvalue weighted by Crippen LogP contribution is 2.37. The Balaban J connectivity index is 1.29. The van der Waals surface area contributed by atoms with Crippen LogP contribution in [0.25, 0.3) is 0 Å². The van der Waals surface area contributed by atoms with E-state index >= 15 is 0 Å². The van der Waals surface area contributed by atoms with Crippen molar-refractivity contribution in [2.24, 2.45) is 0 Å². The number of aromatic nitrogens is 1. The highest BCUT2D eigenvalue weighted by Gasteiger charge is 2.43. The molecule has 0 bridgehead atoms. The maximum absolute atomic E-state index is 6.16. The second-order valence-electron chi connectivity index (χ2n) is 6.53. The summed E-state index contributed by atoms with van der Waals surface area (Å²) in [6.07, 6.45) is 10.3. The minimum atomic E-state index is -0.000226. The summed E-state index contributed by atoms with van der Waals surface area (Å²) in [7, 11) is 0. The largest absolute Gasteiger partial charge is 0.486 e. The molecule has 2 aromatic rings. The lowest BCUT2D eigenvalue weighted by atomic mass is 9.88. The van der Waals surface area contributed by atoms with Crippen LogP contribution in [0.1, 0.15) is 24.8 Å². The molecule has 0 saturated carbocycles. The second-order valence-corrected chi connectivity index (χ2v) is 6.53. The topological polar surface area (TPSA) is 47.7 Å². The number of rotatable bonds is 4. The third-order valence-electron chi connectivity index (χ3n) is 4.87. The van der Waals surface area contributed by atoms with Crippen LogP contribution >= 0.6 is 0 Å². The molecule has 0 aliphatic carbocycles. The van der Waals surface area contributed by atoms with E-state index in [2.05, 4.69) is 9.88 Å². The van der Waals surface area contributed by atoms with Gasteiger partial charge in [-0.25, -0.2) is 0 Å². The Kier molecular flexibility index (Phi) is 4.06. The van der Waals surface area contributed by atoms with Crippen molar-refractivity contribution in [3.63, 3.8) is 0 Å². The number of likely N-dealkylation sites (tertiary alicyclic amines) is 1. The van der Waals surface area contributed by atoms with E-state index in [0.717, 1.165) is 44.6 Å². The van der Waals surface area contributed by atoms with Gasteiger partial charge in [0.25, 0.3) is 0 Å². The minimum Gasteiger partial charge on any atom is -0.486 e. The summed E-state index contributed by atoms with van der Waals surface area (Å²) >= 11 is 0. The molecular formula is C18H22N2O3. The van der Waals surface area contributed by atoms with Crippen molar-refractivity contribution >= 4 is 0 Å². The fourth-order valence-corrected chi connectivity index (χ4v) is 3.60. The first kappa shape index (κ1) is 14.7. The van der Waals surface area contributed by atoms with E-state index in [4.69, 9.17) is 13.9 Å². The number of hydrogen-bond donors (Lipinski definition) is 0. The summed E-state index contributed by atoms with van der Waals surface area (Å²) < 4.78 is 17.3. The zero-order valence-corrected chi connectivity index (χ0v) is 13.2. The van der Waals surface area contributed by atoms with E-state index in [1.54, 1.807) is 18.7 Å². The lowest BCUT2D eigenvalue weighted by Crippen LogP contribution is -2.44. The molecule has 2 saturated heterocycles. The number of piperidine rings is 1. The van der Waals surface area contributed by atoms with E-state index in [1.807, 2.05) is 24.5 Å². The highest BCUT2D eigenvalue weighted by atomic mass is 16.6. The van der Waals surface area contributed by atoms with Crippen LogP contribution in [0.5, 0.6) is 5.75 Å². The molecule has 23 heavy (non-hydrogen) atoms. The number of ether oxygens (including phenoxy) is 2. The molecule has 0 aromatic carbocycles. The third kappa shape index (κ3) is 3.41. The fourth-order valence-electron chi connectivity index (χ4n) is 3.60. The Bertz CT molecular complexity index is 606. The Hall–Kier alpha value is -1.85. The van der Waals surface area contributed by atoms with Crippen LogP contribution in [-0.2, 0) is 11.3 Å². The van der Waals surface area contributed by atoms with Crippen LogP contribution in [-0.4, -0.2) is 41.3 Å². The average molecular weight is 314 g/mol. The zero-order valence-electron chi connectivity index (χ0n) is 13.2. The molecule has 122 valence electrons. The van der Waals surface area contributed by atoms with Crippen molar-refractivity contribution in [1.82, 2.24) is 9.88 Å². The average Bonchev–Trinajstić information content (AvgIpc) is 3.22. The standard InChI is InChI=1S/C18H22N2O3/c1-2-16(11-19-6-1)23-17-10-18(22-14-17)4-7-20(8-5-18)12-15-3-9-21-13-15/h1-3,6,9,11,13,17H,4-5,7-8,10,12,14H2. The Morgan fingerprint density at radius 1 is 1.30 bits per heavy atom. The van der Waals surface area contributed by atoms with Gasteiger partial charge in [-0.05, 0) is 31.0 Å². The van der Waals surface area contributed by atoms with Crippen LogP contribution < -0.4 is 4.74 Å². The van der Waals surface area contributed by atoms with Gasteiger partial charge in [0.15, 0.2) is 0 Å². The summed E-state index contributed by atoms with van der Waals surface area (Å²) in [4.78, 5) is 6.56. The zero-order chi connectivity index (χ0) is 15.5. The molecule has 2 fully saturated rings. The van der Waals surface area contributed by atoms with Gasteiger partial charge in [-0.15, -0.1) is 0 Å². The molecule has 1 atom stereocenters. The Morgan fingerprint density at radius 2 is 2.22 bits per heavy atom. The van der Waals surface area contributed by atoms with Crippen LogP contribution in [0.15, 0.2) is 47.5 Å². The molecular weight excluding hydrogens is 292 g/mol. The molecule has 5 nitrogen and oxygen atoms in total. The van der Waals surface area contributed by atoms with Crippen molar-refractivity contribution in [2.75, 3.05) is 19.7 Å². The first-order valence-electron chi connectivity index (χ1n) is 8.25. The van der Waals surface area contributed by atoms with E-state index in [1.165, 1.54) is 5.56 Å². The quantitative estimate of drug-likeness (QED) is 0.868. The maximum Gasteiger partial charge on any atom is 0.138 e. The van der Waals surface area contributed by atoms with Gasteiger partial charge in [0, 0.05) is 37.8 Å². The lowest BCUT2D eigenvalue weighted by molar-refractivity contribution is -0.0454. The van der Waals surface area contributed by atoms with Crippen molar-refractivity contribution < 1.29 is 13.9 Å². The number of nitrogens with zero attached hydrogens (tertiary/aromatic N) is 2. The monoisotopic (exact) mass is 314 g/mol. The first-order valence-corrected chi connectivity index (χ1v) is 8.25. The molecule has 0 N–H and O–H groups in total. The SMILES string of the molecule is c1cncc(OC2COC3(CCN(Cc4ccoc4)CC3)C2)c1. The highest BCUT2D eigenvalue weighted by molar-refractivity contribution is 5.16. The molecule has 0 radical (unpaired) electrons. The number of pyridine rings is 1. The maximum atomic E-state index is 6.16. The lowest BCUT2D eigenvalue weighted by Gasteiger charge is -2.38. The third-order valence-corrected chi connectivity index (χ3v) is 4.87. The van der Waals surface area contributed by atoms with E-state index in [9.17, 15) is 0 Å². The van der Waals surface area contributed by atoms with Gasteiger partial charge in [-0.3, -0.25) is 9.88 Å².